The summed E-state index contributed by atoms with van der Waals surface area (Å²) < 4.78 is 16.5. The van der Waals surface area contributed by atoms with E-state index in [9.17, 15) is 14.7 Å². The molecule has 1 N–H and O–H groups in total. The Labute approximate surface area is 489 Å². The summed E-state index contributed by atoms with van der Waals surface area (Å²) in [5, 5.41) is 16.2. The first-order chi connectivity index (χ1) is 40.6. The maximum atomic E-state index is 15.0. The van der Waals surface area contributed by atoms with Gasteiger partial charge in [-0.2, -0.15) is 0 Å². The third-order valence-corrected chi connectivity index (χ3v) is 20.5. The van der Waals surface area contributed by atoms with Crippen LogP contribution in [0.15, 0.2) is 127 Å². The van der Waals surface area contributed by atoms with Crippen LogP contribution in [-0.2, 0) is 13.2 Å². The van der Waals surface area contributed by atoms with E-state index in [-0.39, 0.29) is 42.0 Å². The lowest BCUT2D eigenvalue weighted by Gasteiger charge is -2.50. The van der Waals surface area contributed by atoms with Crippen LogP contribution in [0.2, 0.25) is 0 Å². The highest BCUT2D eigenvalue weighted by Crippen LogP contribution is 2.44. The number of Topliss-reactive ketones (excluding diaryl/α,β-unsaturated/α-hetero) is 3. The number of carbonyl (C=O) groups excluding carboxylic acids is 3. The Kier molecular flexibility index (Phi) is 16.2. The minimum Gasteiger partial charge on any atom is -0.497 e. The number of methoxy groups -OCH3 is 3. The summed E-state index contributed by atoms with van der Waals surface area (Å²) in [6.45, 7) is 8.51. The fourth-order valence-corrected chi connectivity index (χ4v) is 15.1. The number of hydrogen-bond donors (Lipinski definition) is 1. The van der Waals surface area contributed by atoms with Gasteiger partial charge < -0.3 is 19.3 Å². The summed E-state index contributed by atoms with van der Waals surface area (Å²) in [4.78, 5) is 56.6. The molecule has 7 aromatic rings. The molecule has 3 saturated heterocycles. The molecule has 432 valence electrons. The van der Waals surface area contributed by atoms with Crippen molar-refractivity contribution in [1.82, 2.24) is 24.5 Å². The van der Waals surface area contributed by atoms with Crippen LogP contribution >= 0.6 is 0 Å². The maximum absolute atomic E-state index is 15.0. The van der Waals surface area contributed by atoms with Crippen molar-refractivity contribution in [3.63, 3.8) is 0 Å². The third-order valence-electron chi connectivity index (χ3n) is 20.5. The van der Waals surface area contributed by atoms with E-state index in [1.807, 2.05) is 66.7 Å². The first-order valence-corrected chi connectivity index (χ1v) is 30.9. The molecule has 3 aliphatic heterocycles. The topological polar surface area (TPSA) is 115 Å². The normalized spacial score (nSPS) is 24.9. The van der Waals surface area contributed by atoms with Gasteiger partial charge >= 0.3 is 0 Å². The van der Waals surface area contributed by atoms with Crippen molar-refractivity contribution >= 4 is 49.7 Å². The number of aliphatic hydroxyl groups is 1. The highest BCUT2D eigenvalue weighted by molar-refractivity contribution is 6.05. The molecule has 12 heteroatoms. The first-order valence-electron chi connectivity index (χ1n) is 30.9. The SMILES string of the molecule is COc1ccc2cc(C(=O)C3CN(C4CC(c5ccccc5CN5CCN(C6CCC6)CC5C(=O)c5ccc6cc(OC)ccc6c5)C4)CCN3CCC3CC(N4CCCC(C(=O)c5ccc6c(CO)c(OC)ccc6c5)C4)C3)ccc2c1. The zero-order valence-electron chi connectivity index (χ0n) is 48.7. The fourth-order valence-electron chi connectivity index (χ4n) is 15.1. The summed E-state index contributed by atoms with van der Waals surface area (Å²) in [5.41, 5.74) is 5.76. The van der Waals surface area contributed by atoms with Gasteiger partial charge in [0.2, 0.25) is 0 Å². The molecule has 0 radical (unpaired) electrons. The molecule has 3 atom stereocenters. The Morgan fingerprint density at radius 3 is 1.73 bits per heavy atom. The van der Waals surface area contributed by atoms with Crippen LogP contribution in [0, 0.1) is 11.8 Å². The molecule has 0 aromatic heterocycles. The molecular formula is C71H81N5O7. The van der Waals surface area contributed by atoms with Crippen LogP contribution in [0.5, 0.6) is 17.2 Å². The molecule has 0 spiro atoms. The number of piperazine rings is 2. The Bertz CT molecular complexity index is 3530. The molecule has 3 unspecified atom stereocenters. The smallest absolute Gasteiger partial charge is 0.181 e. The van der Waals surface area contributed by atoms with Crippen LogP contribution in [0.1, 0.15) is 118 Å². The average Bonchev–Trinajstić information content (AvgIpc) is 3.62. The molecule has 0 bridgehead atoms. The largest absolute Gasteiger partial charge is 0.497 e. The van der Waals surface area contributed by atoms with Crippen molar-refractivity contribution in [2.75, 3.05) is 80.2 Å². The molecule has 83 heavy (non-hydrogen) atoms. The van der Waals surface area contributed by atoms with Crippen LogP contribution in [0.4, 0.5) is 0 Å². The third kappa shape index (κ3) is 11.4. The zero-order chi connectivity index (χ0) is 56.7. The summed E-state index contributed by atoms with van der Waals surface area (Å²) >= 11 is 0. The molecule has 12 nitrogen and oxygen atoms in total. The van der Waals surface area contributed by atoms with E-state index >= 15 is 4.79 Å². The van der Waals surface area contributed by atoms with E-state index in [1.54, 1.807) is 21.3 Å². The van der Waals surface area contributed by atoms with Gasteiger partial charge in [-0.25, -0.2) is 0 Å². The van der Waals surface area contributed by atoms with Crippen molar-refractivity contribution in [1.29, 1.82) is 0 Å². The Morgan fingerprint density at radius 1 is 0.518 bits per heavy atom. The van der Waals surface area contributed by atoms with E-state index < -0.39 is 0 Å². The number of aliphatic hydroxyl groups excluding tert-OH is 1. The van der Waals surface area contributed by atoms with E-state index in [4.69, 9.17) is 14.2 Å². The molecule has 6 fully saturated rings. The highest BCUT2D eigenvalue weighted by Gasteiger charge is 2.44. The minimum atomic E-state index is -0.235. The van der Waals surface area contributed by atoms with E-state index in [0.717, 1.165) is 176 Å². The lowest BCUT2D eigenvalue weighted by Crippen LogP contribution is -2.60. The quantitative estimate of drug-likeness (QED) is 0.0778. The predicted octanol–water partition coefficient (Wildman–Crippen LogP) is 11.5. The number of likely N-dealkylation sites (tertiary alicyclic amines) is 1. The number of nitrogens with zero attached hydrogens (tertiary/aromatic N) is 5. The van der Waals surface area contributed by atoms with Gasteiger partial charge in [-0.15, -0.1) is 0 Å². The summed E-state index contributed by atoms with van der Waals surface area (Å²) in [6, 6.07) is 44.1. The molecule has 3 saturated carbocycles. The zero-order valence-corrected chi connectivity index (χ0v) is 48.7. The van der Waals surface area contributed by atoms with Crippen LogP contribution < -0.4 is 14.2 Å². The maximum Gasteiger partial charge on any atom is 0.181 e. The second-order valence-electron chi connectivity index (χ2n) is 25.0. The van der Waals surface area contributed by atoms with Crippen LogP contribution in [0.25, 0.3) is 32.3 Å². The average molecular weight is 1120 g/mol. The van der Waals surface area contributed by atoms with Crippen LogP contribution in [-0.4, -0.2) is 157 Å². The first kappa shape index (κ1) is 55.7. The number of rotatable bonds is 19. The van der Waals surface area contributed by atoms with Gasteiger partial charge in [0.25, 0.3) is 0 Å². The second-order valence-corrected chi connectivity index (χ2v) is 25.0. The minimum absolute atomic E-state index is 0.0299. The summed E-state index contributed by atoms with van der Waals surface area (Å²) in [7, 11) is 4.99. The number of fused-ring (bicyclic) bond motifs is 3. The van der Waals surface area contributed by atoms with E-state index in [0.29, 0.717) is 35.7 Å². The Morgan fingerprint density at radius 2 is 1.08 bits per heavy atom. The molecule has 3 aliphatic carbocycles. The molecule has 6 aliphatic rings. The van der Waals surface area contributed by atoms with Crippen molar-refractivity contribution < 1.29 is 33.7 Å². The summed E-state index contributed by atoms with van der Waals surface area (Å²) in [5.74, 6) is 3.88. The highest BCUT2D eigenvalue weighted by atomic mass is 16.5. The summed E-state index contributed by atoms with van der Waals surface area (Å²) in [6.07, 6.45) is 11.1. The van der Waals surface area contributed by atoms with Gasteiger partial charge in [0.15, 0.2) is 17.3 Å². The number of benzene rings is 7. The van der Waals surface area contributed by atoms with Crippen LogP contribution in [0.3, 0.4) is 0 Å². The number of carbonyl (C=O) groups is 3. The van der Waals surface area contributed by atoms with E-state index in [2.05, 4.69) is 85.2 Å². The van der Waals surface area contributed by atoms with Crippen molar-refractivity contribution in [3.05, 3.63) is 161 Å². The lowest BCUT2D eigenvalue weighted by molar-refractivity contribution is 0.00632. The van der Waals surface area contributed by atoms with E-state index in [1.165, 1.54) is 30.4 Å². The fraction of sp³-hybridized carbons (Fsp3) is 0.451. The lowest BCUT2D eigenvalue weighted by atomic mass is 9.73. The monoisotopic (exact) mass is 1120 g/mol. The molecular weight excluding hydrogens is 1030 g/mol. The molecule has 3 heterocycles. The predicted molar refractivity (Wildman–Crippen MR) is 328 cm³/mol. The van der Waals surface area contributed by atoms with Crippen molar-refractivity contribution in [2.24, 2.45) is 11.8 Å². The van der Waals surface area contributed by atoms with Gasteiger partial charge in [-0.3, -0.25) is 38.9 Å². The van der Waals surface area contributed by atoms with Gasteiger partial charge in [0, 0.05) is 98.7 Å². The molecule has 7 aromatic carbocycles. The number of piperidine rings is 1. The number of hydrogen-bond acceptors (Lipinski definition) is 12. The molecule has 0 amide bonds. The molecule has 13 rings (SSSR count). The van der Waals surface area contributed by atoms with Gasteiger partial charge in [0.1, 0.15) is 17.2 Å². The Balaban J connectivity index is 0.660. The standard InChI is InChI=1S/C71H81N5O7/c1-81-61-21-17-47-34-53(15-13-49(47)39-61)70(79)66-43-75(29-28-72(66)27-25-46-32-59(33-46)73-26-7-9-56(42-73)69(78)52-19-23-64-51(36-52)20-24-68(83-3)65(64)45-77)60-37-57(38-60)63-12-5-4-8-55(63)41-76-31-30-74(58-10-6-11-58)44-67(76)71(80)54-16-14-50-40-62(82-2)22-18-48(50)35-54/h4-5,8,12-24,34-36,39-40,46,56-60,66-67,77H,6-7,9-11,25-33,37-38,41-45H2,1-3H3. The second kappa shape index (κ2) is 24.2. The van der Waals surface area contributed by atoms with Gasteiger partial charge in [-0.05, 0) is 175 Å². The number of ketones is 3. The van der Waals surface area contributed by atoms with Gasteiger partial charge in [-0.1, -0.05) is 85.3 Å². The number of ether oxygens (including phenoxy) is 3. The Hall–Kier alpha value is -6.51. The van der Waals surface area contributed by atoms with Crippen molar-refractivity contribution in [3.8, 4) is 17.2 Å². The van der Waals surface area contributed by atoms with Crippen molar-refractivity contribution in [2.45, 2.75) is 113 Å². The van der Waals surface area contributed by atoms with Gasteiger partial charge in [0.05, 0.1) is 40.0 Å².